The highest BCUT2D eigenvalue weighted by molar-refractivity contribution is 5.88. The minimum Gasteiger partial charge on any atom is -0.493 e. The van der Waals surface area contributed by atoms with E-state index in [1.807, 2.05) is 57.2 Å². The van der Waals surface area contributed by atoms with Gasteiger partial charge >= 0.3 is 5.97 Å². The van der Waals surface area contributed by atoms with Gasteiger partial charge in [-0.2, -0.15) is 0 Å². The van der Waals surface area contributed by atoms with Crippen LogP contribution >= 0.6 is 0 Å². The Hall–Kier alpha value is -4.59. The molecular formula is C32H28N2O6. The Morgan fingerprint density at radius 2 is 1.93 bits per heavy atom. The topological polar surface area (TPSA) is 92.8 Å². The molecule has 0 N–H and O–H groups in total. The van der Waals surface area contributed by atoms with Crippen molar-refractivity contribution in [3.05, 3.63) is 86.9 Å². The van der Waals surface area contributed by atoms with Gasteiger partial charge in [0.15, 0.2) is 11.3 Å². The summed E-state index contributed by atoms with van der Waals surface area (Å²) in [6.45, 7) is 6.50. The molecule has 0 aliphatic carbocycles. The van der Waals surface area contributed by atoms with Crippen molar-refractivity contribution in [2.45, 2.75) is 52.4 Å². The first-order chi connectivity index (χ1) is 19.3. The van der Waals surface area contributed by atoms with Crippen LogP contribution < -0.4 is 15.0 Å². The number of aryl methyl sites for hydroxylation is 1. The molecule has 3 aromatic heterocycles. The van der Waals surface area contributed by atoms with Gasteiger partial charge in [0.1, 0.15) is 24.7 Å². The Morgan fingerprint density at radius 1 is 1.07 bits per heavy atom. The van der Waals surface area contributed by atoms with E-state index in [2.05, 4.69) is 12.1 Å². The average Bonchev–Trinajstić information content (AvgIpc) is 3.53. The molecule has 1 atom stereocenters. The van der Waals surface area contributed by atoms with Crippen LogP contribution in [0.1, 0.15) is 48.3 Å². The molecular weight excluding hydrogens is 508 g/mol. The second kappa shape index (κ2) is 8.71. The van der Waals surface area contributed by atoms with E-state index in [1.165, 1.54) is 0 Å². The Morgan fingerprint density at radius 3 is 2.73 bits per heavy atom. The van der Waals surface area contributed by atoms with Gasteiger partial charge in [-0.15, -0.1) is 0 Å². The normalized spacial score (nSPS) is 17.4. The average molecular weight is 537 g/mol. The van der Waals surface area contributed by atoms with Crippen molar-refractivity contribution in [2.24, 2.45) is 0 Å². The lowest BCUT2D eigenvalue weighted by atomic mass is 9.76. The van der Waals surface area contributed by atoms with Gasteiger partial charge in [-0.25, -0.2) is 4.98 Å². The van der Waals surface area contributed by atoms with Crippen molar-refractivity contribution in [3.8, 4) is 22.9 Å². The number of esters is 1. The third-order valence-corrected chi connectivity index (χ3v) is 8.31. The SMILES string of the molecule is CC[C@@]1(C)C(=O)OCc2c1cc1n(c2=O)Cc2cc3cc(OCc4cc5cc(C)cc(OC)c5o4)ccc3nc2-1. The lowest BCUT2D eigenvalue weighted by molar-refractivity contribution is -0.153. The molecule has 0 spiro atoms. The van der Waals surface area contributed by atoms with Crippen LogP contribution in [0, 0.1) is 6.92 Å². The fraction of sp³-hybridized carbons (Fsp3) is 0.281. The number of ether oxygens (including phenoxy) is 3. The number of hydrogen-bond acceptors (Lipinski definition) is 7. The quantitative estimate of drug-likeness (QED) is 0.257. The third kappa shape index (κ3) is 3.55. The molecule has 8 heteroatoms. The van der Waals surface area contributed by atoms with E-state index in [9.17, 15) is 9.59 Å². The van der Waals surface area contributed by atoms with Crippen molar-refractivity contribution in [1.29, 1.82) is 0 Å². The number of aromatic nitrogens is 2. The molecule has 0 bridgehead atoms. The van der Waals surface area contributed by atoms with E-state index in [4.69, 9.17) is 23.6 Å². The minimum atomic E-state index is -0.849. The molecule has 0 fully saturated rings. The number of fused-ring (bicyclic) bond motifs is 6. The number of furan rings is 1. The van der Waals surface area contributed by atoms with Crippen molar-refractivity contribution >= 4 is 27.8 Å². The first kappa shape index (κ1) is 24.5. The van der Waals surface area contributed by atoms with Crippen molar-refractivity contribution in [3.63, 3.8) is 0 Å². The highest BCUT2D eigenvalue weighted by atomic mass is 16.5. The molecule has 7 rings (SSSR count). The molecule has 40 heavy (non-hydrogen) atoms. The first-order valence-corrected chi connectivity index (χ1v) is 13.4. The van der Waals surface area contributed by atoms with Gasteiger partial charge in [0, 0.05) is 16.3 Å². The van der Waals surface area contributed by atoms with E-state index in [0.717, 1.165) is 44.4 Å². The molecule has 2 aliphatic rings. The molecule has 5 aromatic rings. The maximum Gasteiger partial charge on any atom is 0.316 e. The number of nitrogens with zero attached hydrogens (tertiary/aromatic N) is 2. The smallest absolute Gasteiger partial charge is 0.316 e. The fourth-order valence-electron chi connectivity index (χ4n) is 5.91. The summed E-state index contributed by atoms with van der Waals surface area (Å²) in [6, 6.07) is 15.8. The Kier molecular flexibility index (Phi) is 5.32. The van der Waals surface area contributed by atoms with Gasteiger partial charge in [-0.3, -0.25) is 9.59 Å². The highest BCUT2D eigenvalue weighted by Crippen LogP contribution is 2.40. The first-order valence-electron chi connectivity index (χ1n) is 13.4. The highest BCUT2D eigenvalue weighted by Gasteiger charge is 2.43. The maximum atomic E-state index is 13.5. The molecule has 8 nitrogen and oxygen atoms in total. The molecule has 0 saturated heterocycles. The maximum absolute atomic E-state index is 13.5. The van der Waals surface area contributed by atoms with Crippen LogP contribution in [0.5, 0.6) is 11.5 Å². The van der Waals surface area contributed by atoms with Crippen molar-refractivity contribution < 1.29 is 23.4 Å². The number of benzene rings is 2. The summed E-state index contributed by atoms with van der Waals surface area (Å²) in [4.78, 5) is 31.0. The summed E-state index contributed by atoms with van der Waals surface area (Å²) in [5.74, 6) is 1.80. The number of carbonyl (C=O) groups is 1. The number of rotatable bonds is 5. The molecule has 2 aromatic carbocycles. The largest absolute Gasteiger partial charge is 0.493 e. The summed E-state index contributed by atoms with van der Waals surface area (Å²) in [5.41, 5.74) is 5.39. The lowest BCUT2D eigenvalue weighted by Crippen LogP contribution is -2.42. The molecule has 0 amide bonds. The van der Waals surface area contributed by atoms with Crippen LogP contribution in [0.15, 0.2) is 57.7 Å². The number of carbonyl (C=O) groups excluding carboxylic acids is 1. The third-order valence-electron chi connectivity index (χ3n) is 8.31. The molecule has 0 radical (unpaired) electrons. The van der Waals surface area contributed by atoms with Crippen molar-refractivity contribution in [1.82, 2.24) is 9.55 Å². The predicted molar refractivity (Wildman–Crippen MR) is 150 cm³/mol. The van der Waals surface area contributed by atoms with Crippen LogP contribution in [0.3, 0.4) is 0 Å². The number of methoxy groups -OCH3 is 1. The number of hydrogen-bond donors (Lipinski definition) is 0. The molecule has 0 unspecified atom stereocenters. The zero-order valence-corrected chi connectivity index (χ0v) is 22.8. The summed E-state index contributed by atoms with van der Waals surface area (Å²) in [6.07, 6.45) is 0.545. The van der Waals surface area contributed by atoms with E-state index in [1.54, 1.807) is 11.7 Å². The van der Waals surface area contributed by atoms with E-state index >= 15 is 0 Å². The van der Waals surface area contributed by atoms with Crippen LogP contribution in [0.4, 0.5) is 0 Å². The molecule has 202 valence electrons. The van der Waals surface area contributed by atoms with Crippen LogP contribution in [0.25, 0.3) is 33.3 Å². The summed E-state index contributed by atoms with van der Waals surface area (Å²) in [7, 11) is 1.63. The van der Waals surface area contributed by atoms with Crippen LogP contribution in [0.2, 0.25) is 0 Å². The van der Waals surface area contributed by atoms with Crippen molar-refractivity contribution in [2.75, 3.05) is 7.11 Å². The summed E-state index contributed by atoms with van der Waals surface area (Å²) in [5, 5.41) is 1.89. The van der Waals surface area contributed by atoms with E-state index < -0.39 is 5.41 Å². The van der Waals surface area contributed by atoms with E-state index in [-0.39, 0.29) is 24.7 Å². The monoisotopic (exact) mass is 536 g/mol. The van der Waals surface area contributed by atoms with E-state index in [0.29, 0.717) is 41.4 Å². The van der Waals surface area contributed by atoms with Gasteiger partial charge in [-0.1, -0.05) is 6.92 Å². The molecule has 2 aliphatic heterocycles. The van der Waals surface area contributed by atoms with Gasteiger partial charge in [0.05, 0.1) is 41.5 Å². The lowest BCUT2D eigenvalue weighted by Gasteiger charge is -2.33. The van der Waals surface area contributed by atoms with Crippen LogP contribution in [-0.2, 0) is 34.7 Å². The Bertz CT molecular complexity index is 1930. The minimum absolute atomic E-state index is 0.00688. The number of pyridine rings is 2. The van der Waals surface area contributed by atoms with Gasteiger partial charge in [-0.05, 0) is 79.9 Å². The van der Waals surface area contributed by atoms with Gasteiger partial charge in [0.25, 0.3) is 5.56 Å². The molecule has 0 saturated carbocycles. The predicted octanol–water partition coefficient (Wildman–Crippen LogP) is 5.79. The summed E-state index contributed by atoms with van der Waals surface area (Å²) >= 11 is 0. The second-order valence-corrected chi connectivity index (χ2v) is 10.8. The standard InChI is InChI=1S/C32H28N2O6/c1-5-32(3)24-13-26-28-20(14-34(26)30(35)23(24)16-39-31(32)36)10-18-11-21(6-7-25(18)33-28)38-15-22-12-19-8-17(2)9-27(37-4)29(19)40-22/h6-13H,5,14-16H2,1-4H3/t32-/m1/s1. The summed E-state index contributed by atoms with van der Waals surface area (Å²) < 4.78 is 24.7. The Balaban J connectivity index is 1.21. The fourth-order valence-corrected chi connectivity index (χ4v) is 5.91. The van der Waals surface area contributed by atoms with Crippen LogP contribution in [-0.4, -0.2) is 22.6 Å². The van der Waals surface area contributed by atoms with Gasteiger partial charge in [0.2, 0.25) is 0 Å². The zero-order valence-electron chi connectivity index (χ0n) is 22.8. The Labute approximate surface area is 230 Å². The van der Waals surface area contributed by atoms with Gasteiger partial charge < -0.3 is 23.2 Å². The zero-order chi connectivity index (χ0) is 27.8. The number of cyclic esters (lactones) is 1. The molecule has 5 heterocycles. The second-order valence-electron chi connectivity index (χ2n) is 10.8.